The number of aliphatic hydroxyl groups is 1. The summed E-state index contributed by atoms with van der Waals surface area (Å²) in [6.07, 6.45) is 76.6. The lowest BCUT2D eigenvalue weighted by Gasteiger charge is -2.21. The van der Waals surface area contributed by atoms with Gasteiger partial charge in [0.25, 0.3) is 0 Å². The van der Waals surface area contributed by atoms with E-state index in [-0.39, 0.29) is 25.7 Å². The first-order valence-electron chi connectivity index (χ1n) is 46.1. The minimum atomic E-state index is -4.97. The molecule has 17 nitrogen and oxygen atoms in total. The van der Waals surface area contributed by atoms with Gasteiger partial charge < -0.3 is 33.8 Å². The van der Waals surface area contributed by atoms with Crippen molar-refractivity contribution in [2.75, 3.05) is 39.6 Å². The van der Waals surface area contributed by atoms with Gasteiger partial charge in [0.2, 0.25) is 0 Å². The summed E-state index contributed by atoms with van der Waals surface area (Å²) in [5.74, 6) is -1.30. The van der Waals surface area contributed by atoms with Crippen LogP contribution in [0.15, 0.2) is 0 Å². The number of hydrogen-bond acceptors (Lipinski definition) is 15. The Kier molecular flexibility index (Phi) is 80.2. The van der Waals surface area contributed by atoms with Gasteiger partial charge in [0.1, 0.15) is 19.3 Å². The van der Waals surface area contributed by atoms with Gasteiger partial charge in [-0.05, 0) is 31.6 Å². The minimum absolute atomic E-state index is 0.108. The molecule has 0 bridgehead atoms. The Balaban J connectivity index is 5.19. The molecule has 108 heavy (non-hydrogen) atoms. The Hall–Kier alpha value is -1.94. The van der Waals surface area contributed by atoms with Crippen LogP contribution in [0.5, 0.6) is 0 Å². The molecule has 0 heterocycles. The van der Waals surface area contributed by atoms with Crippen LogP contribution in [-0.4, -0.2) is 96.7 Å². The van der Waals surface area contributed by atoms with Gasteiger partial charge in [-0.15, -0.1) is 0 Å². The molecule has 0 aliphatic carbocycles. The third kappa shape index (κ3) is 82.1. The maximum Gasteiger partial charge on any atom is 0.472 e. The van der Waals surface area contributed by atoms with Crippen LogP contribution in [0.2, 0.25) is 0 Å². The fourth-order valence-electron chi connectivity index (χ4n) is 14.0. The molecular formula is C89H174O17P2. The number of aliphatic hydroxyl groups excluding tert-OH is 1. The van der Waals surface area contributed by atoms with Crippen molar-refractivity contribution in [2.24, 2.45) is 5.92 Å². The smallest absolute Gasteiger partial charge is 0.462 e. The van der Waals surface area contributed by atoms with E-state index in [0.717, 1.165) is 95.8 Å². The predicted octanol–water partition coefficient (Wildman–Crippen LogP) is 27.5. The number of phosphoric acid groups is 2. The molecule has 0 aliphatic rings. The molecule has 0 aromatic heterocycles. The molecule has 642 valence electrons. The Morgan fingerprint density at radius 2 is 0.426 bits per heavy atom. The lowest BCUT2D eigenvalue weighted by Crippen LogP contribution is -2.30. The van der Waals surface area contributed by atoms with Crippen LogP contribution < -0.4 is 0 Å². The summed E-state index contributed by atoms with van der Waals surface area (Å²) in [5.41, 5.74) is 0. The molecule has 0 spiro atoms. The van der Waals surface area contributed by atoms with Crippen molar-refractivity contribution in [3.05, 3.63) is 0 Å². The third-order valence-electron chi connectivity index (χ3n) is 21.0. The third-order valence-corrected chi connectivity index (χ3v) is 22.9. The summed E-state index contributed by atoms with van der Waals surface area (Å²) in [7, 11) is -9.93. The molecule has 0 aromatic carbocycles. The standard InChI is InChI=1S/C89H174O17P2/c1-6-9-12-15-18-21-23-25-27-29-31-32-33-35-37-41-45-49-54-59-64-69-74-89(94)106-85(79-100-87(92)73-68-63-58-53-48-44-40-36-34-30-28-26-24-22-19-16-13-10-7-2)81-104-108(97,98)102-77-83(90)76-101-107(95,96)103-80-84(78-99-86(91)72-67-62-57-51-20-17-14-11-8-3)105-88(93)75-70-65-60-55-50-46-42-38-39-43-47-52-56-61-66-71-82(4)5/h82-85,90H,6-81H2,1-5H3,(H,95,96)(H,97,98)/t83-,84+,85+/m0/s1. The zero-order valence-electron chi connectivity index (χ0n) is 71.0. The summed E-state index contributed by atoms with van der Waals surface area (Å²) >= 11 is 0. The highest BCUT2D eigenvalue weighted by atomic mass is 31.2. The van der Waals surface area contributed by atoms with Crippen molar-refractivity contribution < 1.29 is 80.2 Å². The summed E-state index contributed by atoms with van der Waals surface area (Å²) in [6.45, 7) is 7.39. The van der Waals surface area contributed by atoms with Crippen molar-refractivity contribution in [1.82, 2.24) is 0 Å². The van der Waals surface area contributed by atoms with Crippen molar-refractivity contribution in [1.29, 1.82) is 0 Å². The Labute approximate surface area is 664 Å². The van der Waals surface area contributed by atoms with Crippen LogP contribution in [0.1, 0.15) is 484 Å². The van der Waals surface area contributed by atoms with Gasteiger partial charge in [-0.25, -0.2) is 9.13 Å². The minimum Gasteiger partial charge on any atom is -0.462 e. The van der Waals surface area contributed by atoms with Gasteiger partial charge in [-0.1, -0.05) is 433 Å². The van der Waals surface area contributed by atoms with E-state index < -0.39 is 97.5 Å². The average Bonchev–Trinajstić information content (AvgIpc) is 0.901. The largest absolute Gasteiger partial charge is 0.472 e. The number of rotatable bonds is 89. The summed E-state index contributed by atoms with van der Waals surface area (Å²) in [5, 5.41) is 10.7. The highest BCUT2D eigenvalue weighted by Crippen LogP contribution is 2.45. The molecular weight excluding hydrogens is 1400 g/mol. The van der Waals surface area contributed by atoms with Crippen molar-refractivity contribution in [2.45, 2.75) is 502 Å². The summed E-state index contributed by atoms with van der Waals surface area (Å²) < 4.78 is 68.9. The number of carbonyl (C=O) groups excluding carboxylic acids is 4. The molecule has 0 rings (SSSR count). The average molecular weight is 1580 g/mol. The van der Waals surface area contributed by atoms with Crippen LogP contribution in [0.4, 0.5) is 0 Å². The summed E-state index contributed by atoms with van der Waals surface area (Å²) in [4.78, 5) is 73.3. The maximum absolute atomic E-state index is 13.2. The van der Waals surface area contributed by atoms with E-state index in [0.29, 0.717) is 25.7 Å². The van der Waals surface area contributed by atoms with E-state index in [1.54, 1.807) is 0 Å². The van der Waals surface area contributed by atoms with E-state index in [4.69, 9.17) is 37.0 Å². The first kappa shape index (κ1) is 106. The van der Waals surface area contributed by atoms with Gasteiger partial charge >= 0.3 is 39.5 Å². The molecule has 0 aliphatic heterocycles. The highest BCUT2D eigenvalue weighted by Gasteiger charge is 2.30. The number of carbonyl (C=O) groups is 4. The van der Waals surface area contributed by atoms with Gasteiger partial charge in [0.05, 0.1) is 26.4 Å². The molecule has 0 radical (unpaired) electrons. The summed E-state index contributed by atoms with van der Waals surface area (Å²) in [6, 6.07) is 0. The highest BCUT2D eigenvalue weighted by molar-refractivity contribution is 7.47. The Morgan fingerprint density at radius 3 is 0.630 bits per heavy atom. The molecule has 2 unspecified atom stereocenters. The fourth-order valence-corrected chi connectivity index (χ4v) is 15.6. The van der Waals surface area contributed by atoms with E-state index in [2.05, 4.69) is 34.6 Å². The quantitative estimate of drug-likeness (QED) is 0.0222. The number of esters is 4. The number of ether oxygens (including phenoxy) is 4. The van der Waals surface area contributed by atoms with E-state index >= 15 is 0 Å². The second-order valence-corrected chi connectivity index (χ2v) is 35.4. The lowest BCUT2D eigenvalue weighted by atomic mass is 10.0. The number of phosphoric ester groups is 2. The molecule has 0 fully saturated rings. The van der Waals surface area contributed by atoms with Gasteiger partial charge in [0, 0.05) is 25.7 Å². The van der Waals surface area contributed by atoms with Crippen LogP contribution in [-0.2, 0) is 65.4 Å². The zero-order valence-corrected chi connectivity index (χ0v) is 72.8. The molecule has 0 aromatic rings. The van der Waals surface area contributed by atoms with Gasteiger partial charge in [0.15, 0.2) is 12.2 Å². The van der Waals surface area contributed by atoms with E-state index in [1.165, 1.54) is 308 Å². The first-order chi connectivity index (χ1) is 52.5. The normalized spacial score (nSPS) is 13.7. The number of unbranched alkanes of at least 4 members (excludes halogenated alkanes) is 61. The molecule has 0 saturated carbocycles. The van der Waals surface area contributed by atoms with Gasteiger partial charge in [-0.3, -0.25) is 37.3 Å². The van der Waals surface area contributed by atoms with Crippen LogP contribution in [0.25, 0.3) is 0 Å². The van der Waals surface area contributed by atoms with Crippen LogP contribution >= 0.6 is 15.6 Å². The van der Waals surface area contributed by atoms with E-state index in [1.807, 2.05) is 0 Å². The molecule has 0 amide bonds. The Bertz CT molecular complexity index is 2050. The van der Waals surface area contributed by atoms with Crippen molar-refractivity contribution in [3.63, 3.8) is 0 Å². The van der Waals surface area contributed by atoms with Crippen molar-refractivity contribution >= 4 is 39.5 Å². The topological polar surface area (TPSA) is 237 Å². The van der Waals surface area contributed by atoms with E-state index in [9.17, 15) is 43.2 Å². The first-order valence-corrected chi connectivity index (χ1v) is 49.1. The van der Waals surface area contributed by atoms with Crippen molar-refractivity contribution in [3.8, 4) is 0 Å². The fraction of sp³-hybridized carbons (Fsp3) is 0.955. The maximum atomic E-state index is 13.2. The molecule has 3 N–H and O–H groups in total. The van der Waals surface area contributed by atoms with Crippen LogP contribution in [0, 0.1) is 5.92 Å². The zero-order chi connectivity index (χ0) is 79.0. The SMILES string of the molecule is CCCCCCCCCCCCCCCCCCCCCCCCC(=O)O[C@H](COC(=O)CCCCCCCCCCCCCCCCCCCCC)COP(=O)(O)OC[C@@H](O)COP(=O)(O)OC[C@@H](COC(=O)CCCCCCCCCCC)OC(=O)CCCCCCCCCCCCCCCCCC(C)C. The van der Waals surface area contributed by atoms with Gasteiger partial charge in [-0.2, -0.15) is 0 Å². The second kappa shape index (κ2) is 81.6. The second-order valence-electron chi connectivity index (χ2n) is 32.5. The Morgan fingerprint density at radius 1 is 0.250 bits per heavy atom. The molecule has 0 saturated heterocycles. The predicted molar refractivity (Wildman–Crippen MR) is 446 cm³/mol. The lowest BCUT2D eigenvalue weighted by molar-refractivity contribution is -0.161. The van der Waals surface area contributed by atoms with Crippen LogP contribution in [0.3, 0.4) is 0 Å². The molecule has 5 atom stereocenters. The number of hydrogen-bond donors (Lipinski definition) is 3. The molecule has 19 heteroatoms. The monoisotopic (exact) mass is 1580 g/mol.